The average molecular weight is 292 g/mol. The van der Waals surface area contributed by atoms with Crippen molar-refractivity contribution in [3.8, 4) is 0 Å². The lowest BCUT2D eigenvalue weighted by molar-refractivity contribution is 0.0657. The van der Waals surface area contributed by atoms with Gasteiger partial charge in [0.2, 0.25) is 5.95 Å². The number of nitrogens with one attached hydrogen (secondary N) is 2. The number of hydrogen-bond donors (Lipinski definition) is 2. The molecule has 1 fully saturated rings. The summed E-state index contributed by atoms with van der Waals surface area (Å²) >= 11 is 1.70. The van der Waals surface area contributed by atoms with E-state index in [9.17, 15) is 0 Å². The van der Waals surface area contributed by atoms with Gasteiger partial charge >= 0.3 is 0 Å². The summed E-state index contributed by atoms with van der Waals surface area (Å²) in [5.74, 6) is 1.59. The highest BCUT2D eigenvalue weighted by Gasteiger charge is 2.28. The van der Waals surface area contributed by atoms with Crippen molar-refractivity contribution < 1.29 is 4.74 Å². The number of anilines is 2. The molecule has 2 aromatic heterocycles. The van der Waals surface area contributed by atoms with Crippen LogP contribution in [0.1, 0.15) is 24.6 Å². The van der Waals surface area contributed by atoms with Crippen molar-refractivity contribution >= 4 is 33.3 Å². The van der Waals surface area contributed by atoms with Gasteiger partial charge in [-0.2, -0.15) is 4.98 Å². The Morgan fingerprint density at radius 2 is 2.05 bits per heavy atom. The molecule has 2 N–H and O–H groups in total. The minimum Gasteiger partial charge on any atom is -0.381 e. The monoisotopic (exact) mass is 292 g/mol. The van der Waals surface area contributed by atoms with Crippen LogP contribution in [-0.4, -0.2) is 35.8 Å². The highest BCUT2D eigenvalue weighted by Crippen LogP contribution is 2.33. The second-order valence-electron chi connectivity index (χ2n) is 5.52. The predicted octanol–water partition coefficient (Wildman–Crippen LogP) is 3.02. The van der Waals surface area contributed by atoms with Gasteiger partial charge in [-0.25, -0.2) is 4.98 Å². The van der Waals surface area contributed by atoms with Crippen molar-refractivity contribution in [1.82, 2.24) is 9.97 Å². The topological polar surface area (TPSA) is 59.1 Å². The van der Waals surface area contributed by atoms with E-state index in [0.29, 0.717) is 5.95 Å². The van der Waals surface area contributed by atoms with Crippen molar-refractivity contribution in [3.63, 3.8) is 0 Å². The van der Waals surface area contributed by atoms with E-state index in [1.807, 2.05) is 7.05 Å². The van der Waals surface area contributed by atoms with Gasteiger partial charge in [0.15, 0.2) is 0 Å². The summed E-state index contributed by atoms with van der Waals surface area (Å²) in [7, 11) is 1.85. The van der Waals surface area contributed by atoms with Crippen LogP contribution in [0.25, 0.3) is 10.2 Å². The van der Waals surface area contributed by atoms with Crippen molar-refractivity contribution in [2.75, 3.05) is 30.9 Å². The minimum atomic E-state index is 0.0420. The number of fused-ring (bicyclic) bond motifs is 1. The molecule has 0 amide bonds. The molecule has 0 saturated carbocycles. The largest absolute Gasteiger partial charge is 0.381 e. The lowest BCUT2D eigenvalue weighted by Crippen LogP contribution is -2.41. The normalized spacial score (nSPS) is 18.1. The second-order valence-corrected chi connectivity index (χ2v) is 6.75. The molecule has 0 spiro atoms. The van der Waals surface area contributed by atoms with Gasteiger partial charge in [-0.05, 0) is 32.8 Å². The maximum absolute atomic E-state index is 5.46. The molecule has 0 aliphatic carbocycles. The van der Waals surface area contributed by atoms with E-state index in [-0.39, 0.29) is 5.54 Å². The first-order valence-corrected chi connectivity index (χ1v) is 7.73. The molecule has 1 saturated heterocycles. The molecular weight excluding hydrogens is 272 g/mol. The zero-order chi connectivity index (χ0) is 14.2. The van der Waals surface area contributed by atoms with Crippen LogP contribution in [0.15, 0.2) is 6.07 Å². The van der Waals surface area contributed by atoms with E-state index in [1.165, 1.54) is 4.88 Å². The molecule has 108 valence electrons. The molecule has 3 rings (SSSR count). The number of nitrogens with zero attached hydrogens (tertiary/aromatic N) is 2. The molecule has 0 radical (unpaired) electrons. The Bertz CT molecular complexity index is 619. The molecule has 20 heavy (non-hydrogen) atoms. The second kappa shape index (κ2) is 5.18. The Morgan fingerprint density at radius 1 is 1.30 bits per heavy atom. The Kier molecular flexibility index (Phi) is 3.52. The van der Waals surface area contributed by atoms with Crippen LogP contribution in [0.3, 0.4) is 0 Å². The minimum absolute atomic E-state index is 0.0420. The fraction of sp³-hybridized carbons (Fsp3) is 0.571. The summed E-state index contributed by atoms with van der Waals surface area (Å²) in [6.07, 6.45) is 1.99. The van der Waals surface area contributed by atoms with Crippen LogP contribution >= 0.6 is 11.3 Å². The maximum atomic E-state index is 5.46. The Labute approximate surface area is 122 Å². The molecule has 0 aromatic carbocycles. The van der Waals surface area contributed by atoms with Crippen LogP contribution in [-0.2, 0) is 4.74 Å². The Hall–Kier alpha value is -1.40. The average Bonchev–Trinajstić information content (AvgIpc) is 2.79. The zero-order valence-corrected chi connectivity index (χ0v) is 12.9. The Balaban J connectivity index is 2.00. The Morgan fingerprint density at radius 3 is 2.75 bits per heavy atom. The van der Waals surface area contributed by atoms with E-state index in [4.69, 9.17) is 4.74 Å². The molecule has 1 aliphatic rings. The van der Waals surface area contributed by atoms with Crippen LogP contribution < -0.4 is 10.6 Å². The lowest BCUT2D eigenvalue weighted by Gasteiger charge is -2.35. The highest BCUT2D eigenvalue weighted by atomic mass is 32.1. The first kappa shape index (κ1) is 13.6. The number of aryl methyl sites for hydroxylation is 1. The summed E-state index contributed by atoms with van der Waals surface area (Å²) in [6, 6.07) is 2.16. The van der Waals surface area contributed by atoms with Crippen molar-refractivity contribution in [1.29, 1.82) is 0 Å². The van der Waals surface area contributed by atoms with E-state index < -0.39 is 0 Å². The first-order valence-electron chi connectivity index (χ1n) is 6.91. The van der Waals surface area contributed by atoms with E-state index in [0.717, 1.165) is 42.1 Å². The number of ether oxygens (including phenoxy) is 1. The third-order valence-corrected chi connectivity index (χ3v) is 4.70. The van der Waals surface area contributed by atoms with E-state index in [1.54, 1.807) is 11.3 Å². The molecule has 3 heterocycles. The SMILES string of the molecule is CNc1nc(NC2(C)CCOCC2)c2cc(C)sc2n1. The predicted molar refractivity (Wildman–Crippen MR) is 83.8 cm³/mol. The smallest absolute Gasteiger partial charge is 0.225 e. The number of rotatable bonds is 3. The molecule has 0 unspecified atom stereocenters. The van der Waals surface area contributed by atoms with Gasteiger partial charge in [0.25, 0.3) is 0 Å². The summed E-state index contributed by atoms with van der Waals surface area (Å²) in [4.78, 5) is 11.4. The van der Waals surface area contributed by atoms with E-state index >= 15 is 0 Å². The molecule has 5 nitrogen and oxygen atoms in total. The van der Waals surface area contributed by atoms with Gasteiger partial charge < -0.3 is 15.4 Å². The van der Waals surface area contributed by atoms with Crippen molar-refractivity contribution in [2.45, 2.75) is 32.2 Å². The van der Waals surface area contributed by atoms with Crippen LogP contribution in [0.2, 0.25) is 0 Å². The third kappa shape index (κ3) is 2.58. The summed E-state index contributed by atoms with van der Waals surface area (Å²) in [5.41, 5.74) is 0.0420. The van der Waals surface area contributed by atoms with Gasteiger partial charge in [-0.3, -0.25) is 0 Å². The zero-order valence-electron chi connectivity index (χ0n) is 12.1. The molecule has 0 atom stereocenters. The summed E-state index contributed by atoms with van der Waals surface area (Å²) < 4.78 is 5.46. The van der Waals surface area contributed by atoms with E-state index in [2.05, 4.69) is 40.5 Å². The summed E-state index contributed by atoms with van der Waals surface area (Å²) in [5, 5.41) is 7.77. The van der Waals surface area contributed by atoms with Crippen molar-refractivity contribution in [2.24, 2.45) is 0 Å². The number of aromatic nitrogens is 2. The fourth-order valence-corrected chi connectivity index (χ4v) is 3.36. The van der Waals surface area contributed by atoms with Gasteiger partial charge in [-0.1, -0.05) is 0 Å². The van der Waals surface area contributed by atoms with Crippen LogP contribution in [0.4, 0.5) is 11.8 Å². The van der Waals surface area contributed by atoms with Crippen LogP contribution in [0, 0.1) is 6.92 Å². The molecular formula is C14H20N4OS. The van der Waals surface area contributed by atoms with Crippen molar-refractivity contribution in [3.05, 3.63) is 10.9 Å². The van der Waals surface area contributed by atoms with Gasteiger partial charge in [0, 0.05) is 30.7 Å². The third-order valence-electron chi connectivity index (χ3n) is 3.76. The molecule has 2 aromatic rings. The van der Waals surface area contributed by atoms with Gasteiger partial charge in [-0.15, -0.1) is 11.3 Å². The van der Waals surface area contributed by atoms with Crippen LogP contribution in [0.5, 0.6) is 0 Å². The molecule has 6 heteroatoms. The lowest BCUT2D eigenvalue weighted by atomic mass is 9.92. The fourth-order valence-electron chi connectivity index (χ4n) is 2.48. The number of hydrogen-bond acceptors (Lipinski definition) is 6. The van der Waals surface area contributed by atoms with Gasteiger partial charge in [0.05, 0.1) is 5.39 Å². The van der Waals surface area contributed by atoms with Gasteiger partial charge in [0.1, 0.15) is 10.6 Å². The highest BCUT2D eigenvalue weighted by molar-refractivity contribution is 7.18. The standard InChI is InChI=1S/C14H20N4OS/c1-9-8-10-11(16-13(15-3)17-12(10)20-9)18-14(2)4-6-19-7-5-14/h8H,4-7H2,1-3H3,(H2,15,16,17,18). The molecule has 1 aliphatic heterocycles. The molecule has 0 bridgehead atoms. The quantitative estimate of drug-likeness (QED) is 0.910. The summed E-state index contributed by atoms with van der Waals surface area (Å²) in [6.45, 7) is 5.95. The number of thiophene rings is 1. The first-order chi connectivity index (χ1) is 9.59. The maximum Gasteiger partial charge on any atom is 0.225 e.